The van der Waals surface area contributed by atoms with Gasteiger partial charge in [-0.1, -0.05) is 6.42 Å². The summed E-state index contributed by atoms with van der Waals surface area (Å²) in [6.45, 7) is -0.0624. The van der Waals surface area contributed by atoms with Gasteiger partial charge < -0.3 is 9.88 Å². The van der Waals surface area contributed by atoms with Gasteiger partial charge in [0.05, 0.1) is 13.1 Å². The normalized spacial score (nSPS) is 16.6. The largest absolute Gasteiger partial charge is 0.401 e. The van der Waals surface area contributed by atoms with E-state index < -0.39 is 12.7 Å². The van der Waals surface area contributed by atoms with Gasteiger partial charge >= 0.3 is 6.18 Å². The van der Waals surface area contributed by atoms with Crippen molar-refractivity contribution in [1.82, 2.24) is 20.1 Å². The third-order valence-corrected chi connectivity index (χ3v) is 2.79. The average Bonchev–Trinajstić information content (AvgIpc) is 2.47. The number of aryl methyl sites for hydroxylation is 1. The molecule has 0 fully saturated rings. The van der Waals surface area contributed by atoms with E-state index in [0.717, 1.165) is 38.1 Å². The summed E-state index contributed by atoms with van der Waals surface area (Å²) in [5.41, 5.74) is 0. The van der Waals surface area contributed by atoms with Crippen molar-refractivity contribution in [3.8, 4) is 0 Å². The standard InChI is InChI=1S/C10H15F3N4/c11-10(12,13)7-14-6-9-16-15-8-4-2-1-3-5-17(8)9/h14H,1-7H2. The van der Waals surface area contributed by atoms with E-state index in [1.807, 2.05) is 4.57 Å². The highest BCUT2D eigenvalue weighted by atomic mass is 19.4. The summed E-state index contributed by atoms with van der Waals surface area (Å²) in [6, 6.07) is 0. The molecule has 1 aliphatic heterocycles. The first-order valence-corrected chi connectivity index (χ1v) is 5.75. The second-order valence-corrected chi connectivity index (χ2v) is 4.21. The molecule has 7 heteroatoms. The lowest BCUT2D eigenvalue weighted by atomic mass is 10.2. The second-order valence-electron chi connectivity index (χ2n) is 4.21. The number of hydrogen-bond donors (Lipinski definition) is 1. The number of fused-ring (bicyclic) bond motifs is 1. The summed E-state index contributed by atoms with van der Waals surface area (Å²) in [5, 5.41) is 10.3. The summed E-state index contributed by atoms with van der Waals surface area (Å²) >= 11 is 0. The molecule has 0 bridgehead atoms. The molecule has 1 N–H and O–H groups in total. The zero-order valence-electron chi connectivity index (χ0n) is 9.43. The molecule has 0 radical (unpaired) electrons. The van der Waals surface area contributed by atoms with Gasteiger partial charge in [-0.25, -0.2) is 0 Å². The summed E-state index contributed by atoms with van der Waals surface area (Å²) in [7, 11) is 0. The first-order valence-electron chi connectivity index (χ1n) is 5.75. The molecular weight excluding hydrogens is 233 g/mol. The predicted octanol–water partition coefficient (Wildman–Crippen LogP) is 1.66. The molecule has 2 heterocycles. The van der Waals surface area contributed by atoms with E-state index >= 15 is 0 Å². The summed E-state index contributed by atoms with van der Waals surface area (Å²) in [5.74, 6) is 1.50. The van der Waals surface area contributed by atoms with E-state index in [9.17, 15) is 13.2 Å². The van der Waals surface area contributed by atoms with Gasteiger partial charge in [-0.3, -0.25) is 0 Å². The number of aromatic nitrogens is 3. The van der Waals surface area contributed by atoms with E-state index in [0.29, 0.717) is 5.82 Å². The van der Waals surface area contributed by atoms with Crippen LogP contribution in [-0.4, -0.2) is 27.5 Å². The number of alkyl halides is 3. The third-order valence-electron chi connectivity index (χ3n) is 2.79. The minimum absolute atomic E-state index is 0.118. The Bertz CT molecular complexity index is 372. The van der Waals surface area contributed by atoms with Crippen LogP contribution in [0.25, 0.3) is 0 Å². The highest BCUT2D eigenvalue weighted by Gasteiger charge is 2.26. The predicted molar refractivity (Wildman–Crippen MR) is 55.3 cm³/mol. The van der Waals surface area contributed by atoms with Gasteiger partial charge in [0.2, 0.25) is 0 Å². The molecule has 17 heavy (non-hydrogen) atoms. The molecule has 1 aromatic rings. The lowest BCUT2D eigenvalue weighted by Gasteiger charge is -2.09. The monoisotopic (exact) mass is 248 g/mol. The van der Waals surface area contributed by atoms with Crippen molar-refractivity contribution in [3.63, 3.8) is 0 Å². The molecule has 2 rings (SSSR count). The van der Waals surface area contributed by atoms with Crippen LogP contribution in [0.5, 0.6) is 0 Å². The number of nitrogens with one attached hydrogen (secondary N) is 1. The van der Waals surface area contributed by atoms with Crippen LogP contribution in [0, 0.1) is 0 Å². The van der Waals surface area contributed by atoms with Gasteiger partial charge in [-0.05, 0) is 12.8 Å². The van der Waals surface area contributed by atoms with Crippen LogP contribution in [0.4, 0.5) is 13.2 Å². The third kappa shape index (κ3) is 3.42. The molecule has 0 saturated heterocycles. The topological polar surface area (TPSA) is 42.7 Å². The molecule has 0 unspecified atom stereocenters. The van der Waals surface area contributed by atoms with Crippen LogP contribution < -0.4 is 5.32 Å². The molecule has 96 valence electrons. The molecule has 0 saturated carbocycles. The molecule has 0 amide bonds. The Balaban J connectivity index is 1.95. The van der Waals surface area contributed by atoms with Crippen LogP contribution in [0.15, 0.2) is 0 Å². The number of hydrogen-bond acceptors (Lipinski definition) is 3. The zero-order valence-corrected chi connectivity index (χ0v) is 9.43. The highest BCUT2D eigenvalue weighted by Crippen LogP contribution is 2.15. The van der Waals surface area contributed by atoms with Gasteiger partial charge in [0.25, 0.3) is 0 Å². The minimum Gasteiger partial charge on any atom is -0.314 e. The molecule has 1 aliphatic rings. The second kappa shape index (κ2) is 5.03. The smallest absolute Gasteiger partial charge is 0.314 e. The van der Waals surface area contributed by atoms with E-state index in [2.05, 4.69) is 15.5 Å². The van der Waals surface area contributed by atoms with Crippen molar-refractivity contribution < 1.29 is 13.2 Å². The molecule has 1 aromatic heterocycles. The Hall–Kier alpha value is -1.11. The highest BCUT2D eigenvalue weighted by molar-refractivity contribution is 4.97. The minimum atomic E-state index is -4.18. The fourth-order valence-electron chi connectivity index (χ4n) is 1.99. The van der Waals surface area contributed by atoms with Gasteiger partial charge in [-0.2, -0.15) is 13.2 Å². The Kier molecular flexibility index (Phi) is 3.66. The van der Waals surface area contributed by atoms with Crippen molar-refractivity contribution in [2.75, 3.05) is 6.54 Å². The lowest BCUT2D eigenvalue weighted by molar-refractivity contribution is -0.125. The summed E-state index contributed by atoms with van der Waals surface area (Å²) in [4.78, 5) is 0. The Morgan fingerprint density at radius 1 is 1.18 bits per heavy atom. The molecular formula is C10H15F3N4. The van der Waals surface area contributed by atoms with Crippen molar-refractivity contribution in [1.29, 1.82) is 0 Å². The van der Waals surface area contributed by atoms with Crippen molar-refractivity contribution in [2.45, 2.75) is 44.9 Å². The van der Waals surface area contributed by atoms with Gasteiger partial charge in [-0.15, -0.1) is 10.2 Å². The van der Waals surface area contributed by atoms with Crippen molar-refractivity contribution >= 4 is 0 Å². The first kappa shape index (κ1) is 12.3. The van der Waals surface area contributed by atoms with E-state index in [4.69, 9.17) is 0 Å². The first-order chi connectivity index (χ1) is 8.06. The number of halogens is 3. The fourth-order valence-corrected chi connectivity index (χ4v) is 1.99. The van der Waals surface area contributed by atoms with Crippen molar-refractivity contribution in [2.24, 2.45) is 0 Å². The molecule has 0 aliphatic carbocycles. The quantitative estimate of drug-likeness (QED) is 0.884. The van der Waals surface area contributed by atoms with Gasteiger partial charge in [0, 0.05) is 13.0 Å². The van der Waals surface area contributed by atoms with Crippen LogP contribution >= 0.6 is 0 Å². The van der Waals surface area contributed by atoms with Crippen LogP contribution in [0.1, 0.15) is 30.9 Å². The van der Waals surface area contributed by atoms with Gasteiger partial charge in [0.15, 0.2) is 0 Å². The lowest BCUT2D eigenvalue weighted by Crippen LogP contribution is -2.29. The summed E-state index contributed by atoms with van der Waals surface area (Å²) < 4.78 is 37.9. The van der Waals surface area contributed by atoms with Crippen LogP contribution in [-0.2, 0) is 19.5 Å². The SMILES string of the molecule is FC(F)(F)CNCc1nnc2n1CCCCC2. The average molecular weight is 248 g/mol. The molecule has 0 aromatic carbocycles. The summed E-state index contributed by atoms with van der Waals surface area (Å²) in [6.07, 6.45) is -0.0574. The molecule has 4 nitrogen and oxygen atoms in total. The Morgan fingerprint density at radius 3 is 2.76 bits per heavy atom. The van der Waals surface area contributed by atoms with Crippen LogP contribution in [0.2, 0.25) is 0 Å². The fraction of sp³-hybridized carbons (Fsp3) is 0.800. The van der Waals surface area contributed by atoms with Crippen LogP contribution in [0.3, 0.4) is 0 Å². The maximum absolute atomic E-state index is 12.0. The Morgan fingerprint density at radius 2 is 2.00 bits per heavy atom. The maximum atomic E-state index is 12.0. The zero-order chi connectivity index (χ0) is 12.3. The van der Waals surface area contributed by atoms with Gasteiger partial charge in [0.1, 0.15) is 11.6 Å². The number of nitrogens with zero attached hydrogens (tertiary/aromatic N) is 3. The number of rotatable bonds is 3. The van der Waals surface area contributed by atoms with E-state index in [-0.39, 0.29) is 6.54 Å². The van der Waals surface area contributed by atoms with E-state index in [1.54, 1.807) is 0 Å². The maximum Gasteiger partial charge on any atom is 0.401 e. The molecule has 0 spiro atoms. The molecule has 0 atom stereocenters. The van der Waals surface area contributed by atoms with E-state index in [1.165, 1.54) is 0 Å². The van der Waals surface area contributed by atoms with Crippen molar-refractivity contribution in [3.05, 3.63) is 11.6 Å². The Labute approximate surface area is 97.2 Å².